The maximum absolute atomic E-state index is 13.0. The number of carboxylic acids is 1. The number of halogens is 1. The second-order valence-electron chi connectivity index (χ2n) is 2.73. The molecule has 0 aliphatic rings. The highest BCUT2D eigenvalue weighted by atomic mass is 19.1. The van der Waals surface area contributed by atoms with Gasteiger partial charge in [0.05, 0.1) is 5.52 Å². The van der Waals surface area contributed by atoms with E-state index in [1.165, 1.54) is 6.07 Å². The summed E-state index contributed by atoms with van der Waals surface area (Å²) in [5, 5.41) is 12.5. The van der Waals surface area contributed by atoms with Gasteiger partial charge in [0.1, 0.15) is 5.82 Å². The molecule has 14 heavy (non-hydrogen) atoms. The Morgan fingerprint density at radius 1 is 1.71 bits per heavy atom. The first-order chi connectivity index (χ1) is 7.80. The number of carboxylic acid groups (broad SMARTS) is 1. The highest BCUT2D eigenvalue weighted by molar-refractivity contribution is 6.01. The van der Waals surface area contributed by atoms with Gasteiger partial charge in [0.2, 0.25) is 0 Å². The molecule has 0 saturated carbocycles. The van der Waals surface area contributed by atoms with Gasteiger partial charge in [-0.3, -0.25) is 4.68 Å². The van der Waals surface area contributed by atoms with E-state index in [9.17, 15) is 9.18 Å². The van der Waals surface area contributed by atoms with Crippen LogP contribution in [0, 0.1) is 5.82 Å². The highest BCUT2D eigenvalue weighted by Gasteiger charge is 2.14. The number of rotatable bonds is 1. The maximum Gasteiger partial charge on any atom is 0.357 e. The minimum atomic E-state index is -2.65. The van der Waals surface area contributed by atoms with Crippen molar-refractivity contribution in [2.24, 2.45) is 6.98 Å². The first-order valence-electron chi connectivity index (χ1n) is 5.23. The van der Waals surface area contributed by atoms with Crippen molar-refractivity contribution in [3.05, 3.63) is 29.7 Å². The summed E-state index contributed by atoms with van der Waals surface area (Å²) in [5.74, 6) is -2.01. The number of aryl methyl sites for hydroxylation is 1. The smallest absolute Gasteiger partial charge is 0.357 e. The lowest BCUT2D eigenvalue weighted by Gasteiger charge is -1.92. The van der Waals surface area contributed by atoms with Gasteiger partial charge in [-0.2, -0.15) is 5.10 Å². The fraction of sp³-hybridized carbons (Fsp3) is 0.111. The molecular formula is C9H7FN2O2. The predicted molar refractivity (Wildman–Crippen MR) is 47.6 cm³/mol. The van der Waals surface area contributed by atoms with Gasteiger partial charge in [0.25, 0.3) is 0 Å². The molecular weight excluding hydrogens is 187 g/mol. The lowest BCUT2D eigenvalue weighted by Crippen LogP contribution is -1.99. The molecule has 5 heteroatoms. The normalized spacial score (nSPS) is 14.8. The Balaban J connectivity index is 2.85. The first kappa shape index (κ1) is 5.74. The van der Waals surface area contributed by atoms with Crippen LogP contribution in [0.2, 0.25) is 0 Å². The molecule has 0 amide bonds. The average Bonchev–Trinajstić information content (AvgIpc) is 2.55. The SMILES string of the molecule is [2H]C([2H])([2H])n1nc(C(=O)O)c2ccc(F)cc21. The van der Waals surface area contributed by atoms with Crippen molar-refractivity contribution < 1.29 is 18.4 Å². The molecule has 2 rings (SSSR count). The van der Waals surface area contributed by atoms with Crippen molar-refractivity contribution in [3.8, 4) is 0 Å². The third-order valence-corrected chi connectivity index (χ3v) is 1.85. The predicted octanol–water partition coefficient (Wildman–Crippen LogP) is 1.41. The Bertz CT molecular complexity index is 606. The number of aromatic nitrogens is 2. The van der Waals surface area contributed by atoms with Crippen molar-refractivity contribution in [1.29, 1.82) is 0 Å². The molecule has 0 bridgehead atoms. The molecule has 0 fully saturated rings. The zero-order valence-corrected chi connectivity index (χ0v) is 6.86. The van der Waals surface area contributed by atoms with Crippen molar-refractivity contribution in [2.45, 2.75) is 0 Å². The van der Waals surface area contributed by atoms with E-state index in [0.29, 0.717) is 4.68 Å². The molecule has 1 aromatic heterocycles. The Morgan fingerprint density at radius 2 is 2.50 bits per heavy atom. The van der Waals surface area contributed by atoms with Gasteiger partial charge in [-0.05, 0) is 18.2 Å². The number of fused-ring (bicyclic) bond motifs is 1. The van der Waals surface area contributed by atoms with Gasteiger partial charge in [0.15, 0.2) is 5.69 Å². The van der Waals surface area contributed by atoms with Crippen LogP contribution in [0.4, 0.5) is 4.39 Å². The molecule has 1 N–H and O–H groups in total. The highest BCUT2D eigenvalue weighted by Crippen LogP contribution is 2.18. The number of hydrogen-bond acceptors (Lipinski definition) is 2. The molecule has 0 saturated heterocycles. The lowest BCUT2D eigenvalue weighted by molar-refractivity contribution is 0.0691. The number of hydrogen-bond donors (Lipinski definition) is 1. The van der Waals surface area contributed by atoms with E-state index < -0.39 is 24.5 Å². The molecule has 1 heterocycles. The Labute approximate surface area is 82.8 Å². The van der Waals surface area contributed by atoms with Crippen LogP contribution < -0.4 is 0 Å². The van der Waals surface area contributed by atoms with Crippen molar-refractivity contribution in [1.82, 2.24) is 9.78 Å². The van der Waals surface area contributed by atoms with Crippen molar-refractivity contribution in [3.63, 3.8) is 0 Å². The van der Waals surface area contributed by atoms with E-state index >= 15 is 0 Å². The van der Waals surface area contributed by atoms with Gasteiger partial charge in [-0.1, -0.05) is 0 Å². The van der Waals surface area contributed by atoms with Gasteiger partial charge in [0, 0.05) is 16.5 Å². The Morgan fingerprint density at radius 3 is 3.14 bits per heavy atom. The van der Waals surface area contributed by atoms with Crippen LogP contribution in [-0.2, 0) is 6.98 Å². The summed E-state index contributed by atoms with van der Waals surface area (Å²) in [7, 11) is 0. The zero-order chi connectivity index (χ0) is 12.8. The third-order valence-electron chi connectivity index (χ3n) is 1.85. The molecule has 0 aliphatic carbocycles. The summed E-state index contributed by atoms with van der Waals surface area (Å²) in [4.78, 5) is 10.9. The summed E-state index contributed by atoms with van der Waals surface area (Å²) in [6, 6.07) is 3.20. The average molecular weight is 197 g/mol. The number of carbonyl (C=O) groups is 1. The summed E-state index contributed by atoms with van der Waals surface area (Å²) < 4.78 is 35.2. The van der Waals surface area contributed by atoms with Crippen LogP contribution in [-0.4, -0.2) is 20.9 Å². The molecule has 0 unspecified atom stereocenters. The zero-order valence-electron chi connectivity index (χ0n) is 9.86. The molecule has 1 aromatic carbocycles. The maximum atomic E-state index is 13.0. The van der Waals surface area contributed by atoms with Crippen LogP contribution >= 0.6 is 0 Å². The topological polar surface area (TPSA) is 55.1 Å². The minimum absolute atomic E-state index is 0.0672. The number of nitrogens with zero attached hydrogens (tertiary/aromatic N) is 2. The van der Waals surface area contributed by atoms with E-state index in [4.69, 9.17) is 9.22 Å². The molecule has 2 aromatic rings. The molecule has 0 atom stereocenters. The largest absolute Gasteiger partial charge is 0.476 e. The monoisotopic (exact) mass is 197 g/mol. The van der Waals surface area contributed by atoms with E-state index in [1.54, 1.807) is 0 Å². The quantitative estimate of drug-likeness (QED) is 0.752. The summed E-state index contributed by atoms with van der Waals surface area (Å²) in [6.45, 7) is -2.65. The fourth-order valence-electron chi connectivity index (χ4n) is 1.25. The molecule has 0 aliphatic heterocycles. The second kappa shape index (κ2) is 2.80. The van der Waals surface area contributed by atoms with Crippen molar-refractivity contribution >= 4 is 16.9 Å². The van der Waals surface area contributed by atoms with Crippen LogP contribution in [0.1, 0.15) is 14.6 Å². The van der Waals surface area contributed by atoms with Crippen molar-refractivity contribution in [2.75, 3.05) is 0 Å². The van der Waals surface area contributed by atoms with E-state index in [0.717, 1.165) is 12.1 Å². The molecule has 4 nitrogen and oxygen atoms in total. The van der Waals surface area contributed by atoms with Crippen LogP contribution in [0.25, 0.3) is 10.9 Å². The Kier molecular flexibility index (Phi) is 1.15. The molecule has 72 valence electrons. The van der Waals surface area contributed by atoms with Crippen LogP contribution in [0.15, 0.2) is 18.2 Å². The number of aromatic carboxylic acids is 1. The van der Waals surface area contributed by atoms with E-state index in [1.807, 2.05) is 0 Å². The lowest BCUT2D eigenvalue weighted by atomic mass is 10.2. The summed E-state index contributed by atoms with van der Waals surface area (Å²) >= 11 is 0. The molecule has 0 radical (unpaired) electrons. The first-order valence-corrected chi connectivity index (χ1v) is 3.73. The fourth-order valence-corrected chi connectivity index (χ4v) is 1.25. The summed E-state index contributed by atoms with van der Waals surface area (Å²) in [6.07, 6.45) is 0. The second-order valence-corrected chi connectivity index (χ2v) is 2.73. The van der Waals surface area contributed by atoms with Gasteiger partial charge >= 0.3 is 5.97 Å². The standard InChI is InChI=1S/C9H7FN2O2/c1-12-7-4-5(10)2-3-6(7)8(11-12)9(13)14/h2-4H,1H3,(H,13,14)/i1D3. The molecule has 0 spiro atoms. The van der Waals surface area contributed by atoms with Crippen LogP contribution in [0.3, 0.4) is 0 Å². The van der Waals surface area contributed by atoms with E-state index in [2.05, 4.69) is 5.10 Å². The minimum Gasteiger partial charge on any atom is -0.476 e. The van der Waals surface area contributed by atoms with Gasteiger partial charge < -0.3 is 5.11 Å². The Hall–Kier alpha value is -1.91. The number of benzene rings is 1. The third kappa shape index (κ3) is 1.14. The van der Waals surface area contributed by atoms with Crippen LogP contribution in [0.5, 0.6) is 0 Å². The van der Waals surface area contributed by atoms with Gasteiger partial charge in [-0.15, -0.1) is 0 Å². The van der Waals surface area contributed by atoms with Gasteiger partial charge in [-0.25, -0.2) is 9.18 Å². The summed E-state index contributed by atoms with van der Waals surface area (Å²) in [5.41, 5.74) is -0.474. The van der Waals surface area contributed by atoms with E-state index in [-0.39, 0.29) is 10.9 Å².